The topological polar surface area (TPSA) is 26.0 Å². The van der Waals surface area contributed by atoms with Gasteiger partial charge in [0.05, 0.1) is 5.69 Å². The second-order valence-electron chi connectivity index (χ2n) is 2.11. The molecule has 0 aromatic heterocycles. The van der Waals surface area contributed by atoms with Gasteiger partial charge in [-0.2, -0.15) is 0 Å². The predicted octanol–water partition coefficient (Wildman–Crippen LogP) is 2.01. The maximum atomic E-state index is 12.6. The molecule has 0 aliphatic heterocycles. The van der Waals surface area contributed by atoms with E-state index >= 15 is 0 Å². The maximum absolute atomic E-state index is 12.6. The first-order valence-electron chi connectivity index (χ1n) is 2.86. The van der Waals surface area contributed by atoms with E-state index in [9.17, 15) is 4.39 Å². The molecule has 1 aromatic rings. The molecule has 1 rings (SSSR count). The molecule has 1 aromatic carbocycles. The second-order valence-corrected chi connectivity index (χ2v) is 2.59. The summed E-state index contributed by atoms with van der Waals surface area (Å²) in [6.07, 6.45) is 0. The first-order chi connectivity index (χ1) is 4.63. The van der Waals surface area contributed by atoms with Crippen LogP contribution in [0.4, 0.5) is 10.1 Å². The van der Waals surface area contributed by atoms with Crippen molar-refractivity contribution in [3.63, 3.8) is 0 Å². The number of nitrogens with two attached hydrogens (primary N) is 1. The molecule has 0 amide bonds. The van der Waals surface area contributed by atoms with Crippen LogP contribution in [0.25, 0.3) is 0 Å². The molecular weight excluding hydrogens is 149 g/mol. The standard InChI is InChI=1S/C7H8FNS/c1-4-5(8)2-3-6(10)7(4)9/h2-3,10H,9H2,1H3. The lowest BCUT2D eigenvalue weighted by Crippen LogP contribution is -1.93. The van der Waals surface area contributed by atoms with Gasteiger partial charge in [0, 0.05) is 10.5 Å². The van der Waals surface area contributed by atoms with Crippen molar-refractivity contribution < 1.29 is 4.39 Å². The minimum absolute atomic E-state index is 0.282. The van der Waals surface area contributed by atoms with Gasteiger partial charge in [0.25, 0.3) is 0 Å². The van der Waals surface area contributed by atoms with Crippen molar-refractivity contribution in [2.45, 2.75) is 11.8 Å². The van der Waals surface area contributed by atoms with E-state index in [1.807, 2.05) is 0 Å². The number of nitrogen functional groups attached to an aromatic ring is 1. The van der Waals surface area contributed by atoms with Gasteiger partial charge < -0.3 is 5.73 Å². The number of hydrogen-bond acceptors (Lipinski definition) is 2. The van der Waals surface area contributed by atoms with E-state index in [0.29, 0.717) is 16.1 Å². The summed E-state index contributed by atoms with van der Waals surface area (Å²) < 4.78 is 12.6. The number of thiol groups is 1. The van der Waals surface area contributed by atoms with Gasteiger partial charge in [-0.05, 0) is 19.1 Å². The molecular formula is C7H8FNS. The van der Waals surface area contributed by atoms with E-state index in [2.05, 4.69) is 12.6 Å². The molecule has 54 valence electrons. The van der Waals surface area contributed by atoms with Crippen molar-refractivity contribution in [1.29, 1.82) is 0 Å². The molecule has 2 N–H and O–H groups in total. The minimum Gasteiger partial charge on any atom is -0.398 e. The number of halogens is 1. The molecule has 3 heteroatoms. The molecule has 0 unspecified atom stereocenters. The molecule has 0 saturated heterocycles. The van der Waals surface area contributed by atoms with Gasteiger partial charge in [-0.15, -0.1) is 12.6 Å². The number of rotatable bonds is 0. The van der Waals surface area contributed by atoms with E-state index in [0.717, 1.165) is 0 Å². The molecule has 1 nitrogen and oxygen atoms in total. The van der Waals surface area contributed by atoms with Crippen molar-refractivity contribution in [3.05, 3.63) is 23.5 Å². The average molecular weight is 157 g/mol. The monoisotopic (exact) mass is 157 g/mol. The first kappa shape index (κ1) is 7.41. The summed E-state index contributed by atoms with van der Waals surface area (Å²) in [7, 11) is 0. The summed E-state index contributed by atoms with van der Waals surface area (Å²) in [5.74, 6) is -0.282. The normalized spacial score (nSPS) is 9.90. The van der Waals surface area contributed by atoms with Crippen molar-refractivity contribution in [2.24, 2.45) is 0 Å². The molecule has 0 fully saturated rings. The van der Waals surface area contributed by atoms with Crippen LogP contribution in [0.1, 0.15) is 5.56 Å². The Labute approximate surface area is 64.5 Å². The van der Waals surface area contributed by atoms with Crippen LogP contribution in [0.3, 0.4) is 0 Å². The predicted molar refractivity (Wildman–Crippen MR) is 42.8 cm³/mol. The largest absolute Gasteiger partial charge is 0.398 e. The summed E-state index contributed by atoms with van der Waals surface area (Å²) in [5.41, 5.74) is 6.35. The van der Waals surface area contributed by atoms with E-state index in [4.69, 9.17) is 5.73 Å². The van der Waals surface area contributed by atoms with Gasteiger partial charge in [-0.3, -0.25) is 0 Å². The molecule has 0 spiro atoms. The van der Waals surface area contributed by atoms with Gasteiger partial charge in [0.2, 0.25) is 0 Å². The fourth-order valence-corrected chi connectivity index (χ4v) is 0.930. The van der Waals surface area contributed by atoms with Gasteiger partial charge in [0.15, 0.2) is 0 Å². The van der Waals surface area contributed by atoms with Crippen LogP contribution in [0.2, 0.25) is 0 Å². The third kappa shape index (κ3) is 1.09. The summed E-state index contributed by atoms with van der Waals surface area (Å²) in [6.45, 7) is 1.63. The quantitative estimate of drug-likeness (QED) is 0.437. The SMILES string of the molecule is Cc1c(F)ccc(S)c1N. The van der Waals surface area contributed by atoms with E-state index in [-0.39, 0.29) is 5.82 Å². The van der Waals surface area contributed by atoms with Crippen LogP contribution in [-0.2, 0) is 0 Å². The Balaban J connectivity index is 3.34. The smallest absolute Gasteiger partial charge is 0.128 e. The van der Waals surface area contributed by atoms with Crippen LogP contribution in [0.15, 0.2) is 17.0 Å². The second kappa shape index (κ2) is 2.50. The highest BCUT2D eigenvalue weighted by Crippen LogP contribution is 2.22. The van der Waals surface area contributed by atoms with E-state index in [1.54, 1.807) is 13.0 Å². The van der Waals surface area contributed by atoms with Crippen LogP contribution in [0, 0.1) is 12.7 Å². The lowest BCUT2D eigenvalue weighted by Gasteiger charge is -2.02. The number of benzene rings is 1. The summed E-state index contributed by atoms with van der Waals surface area (Å²) in [5, 5.41) is 0. The Hall–Kier alpha value is -0.700. The molecule has 10 heavy (non-hydrogen) atoms. The van der Waals surface area contributed by atoms with Gasteiger partial charge in [-0.1, -0.05) is 0 Å². The molecule has 0 aliphatic carbocycles. The van der Waals surface area contributed by atoms with Crippen molar-refractivity contribution in [2.75, 3.05) is 5.73 Å². The van der Waals surface area contributed by atoms with Crippen molar-refractivity contribution >= 4 is 18.3 Å². The van der Waals surface area contributed by atoms with Crippen LogP contribution >= 0.6 is 12.6 Å². The zero-order valence-corrected chi connectivity index (χ0v) is 6.45. The Morgan fingerprint density at radius 1 is 1.50 bits per heavy atom. The highest BCUT2D eigenvalue weighted by Gasteiger charge is 2.02. The van der Waals surface area contributed by atoms with Crippen molar-refractivity contribution in [1.82, 2.24) is 0 Å². The highest BCUT2D eigenvalue weighted by atomic mass is 32.1. The fraction of sp³-hybridized carbons (Fsp3) is 0.143. The number of anilines is 1. The van der Waals surface area contributed by atoms with Gasteiger partial charge in [0.1, 0.15) is 5.82 Å². The third-order valence-corrected chi connectivity index (χ3v) is 1.82. The fourth-order valence-electron chi connectivity index (χ4n) is 0.688. The minimum atomic E-state index is -0.282. The molecule has 0 radical (unpaired) electrons. The van der Waals surface area contributed by atoms with Crippen LogP contribution < -0.4 is 5.73 Å². The lowest BCUT2D eigenvalue weighted by atomic mass is 10.2. The van der Waals surface area contributed by atoms with Crippen molar-refractivity contribution in [3.8, 4) is 0 Å². The van der Waals surface area contributed by atoms with Gasteiger partial charge >= 0.3 is 0 Å². The molecule has 0 saturated carbocycles. The Kier molecular flexibility index (Phi) is 1.85. The highest BCUT2D eigenvalue weighted by molar-refractivity contribution is 7.80. The third-order valence-electron chi connectivity index (χ3n) is 1.43. The zero-order chi connectivity index (χ0) is 7.72. The molecule has 0 atom stereocenters. The lowest BCUT2D eigenvalue weighted by molar-refractivity contribution is 0.618. The molecule has 0 heterocycles. The number of hydrogen-bond donors (Lipinski definition) is 2. The van der Waals surface area contributed by atoms with Crippen LogP contribution in [0.5, 0.6) is 0 Å². The Morgan fingerprint density at radius 3 is 2.60 bits per heavy atom. The zero-order valence-electron chi connectivity index (χ0n) is 5.56. The average Bonchev–Trinajstić information content (AvgIpc) is 1.93. The Morgan fingerprint density at radius 2 is 2.10 bits per heavy atom. The first-order valence-corrected chi connectivity index (χ1v) is 3.31. The maximum Gasteiger partial charge on any atom is 0.128 e. The molecule has 0 bridgehead atoms. The summed E-state index contributed by atoms with van der Waals surface area (Å²) in [6, 6.07) is 2.90. The van der Waals surface area contributed by atoms with E-state index < -0.39 is 0 Å². The van der Waals surface area contributed by atoms with Crippen LogP contribution in [-0.4, -0.2) is 0 Å². The molecule has 0 aliphatic rings. The summed E-state index contributed by atoms with van der Waals surface area (Å²) >= 11 is 4.02. The van der Waals surface area contributed by atoms with Gasteiger partial charge in [-0.25, -0.2) is 4.39 Å². The Bertz CT molecular complexity index is 233. The van der Waals surface area contributed by atoms with E-state index in [1.165, 1.54) is 6.07 Å². The summed E-state index contributed by atoms with van der Waals surface area (Å²) in [4.78, 5) is 0.624.